The number of hydrogen-bond acceptors (Lipinski definition) is 3. The van der Waals surface area contributed by atoms with E-state index in [0.29, 0.717) is 6.04 Å². The second-order valence-electron chi connectivity index (χ2n) is 5.11. The minimum atomic E-state index is 0. The highest BCUT2D eigenvalue weighted by molar-refractivity contribution is 5.85. The second-order valence-corrected chi connectivity index (χ2v) is 5.11. The van der Waals surface area contributed by atoms with Gasteiger partial charge in [-0.15, -0.1) is 24.8 Å². The second kappa shape index (κ2) is 7.79. The summed E-state index contributed by atoms with van der Waals surface area (Å²) >= 11 is 0. The van der Waals surface area contributed by atoms with E-state index >= 15 is 0 Å². The van der Waals surface area contributed by atoms with Gasteiger partial charge in [-0.05, 0) is 25.0 Å². The number of fused-ring (bicyclic) bond motifs is 1. The van der Waals surface area contributed by atoms with Crippen molar-refractivity contribution in [2.45, 2.75) is 25.4 Å². The highest BCUT2D eigenvalue weighted by atomic mass is 35.5. The van der Waals surface area contributed by atoms with E-state index in [2.05, 4.69) is 35.2 Å². The molecule has 0 saturated carbocycles. The maximum Gasteiger partial charge on any atom is 0.0705 e. The first-order valence-electron chi connectivity index (χ1n) is 6.64. The minimum absolute atomic E-state index is 0. The molecule has 0 bridgehead atoms. The van der Waals surface area contributed by atoms with Crippen LogP contribution < -0.4 is 5.73 Å². The van der Waals surface area contributed by atoms with Gasteiger partial charge in [0.1, 0.15) is 0 Å². The number of benzene rings is 1. The zero-order chi connectivity index (χ0) is 12.4. The third-order valence-electron chi connectivity index (χ3n) is 3.67. The highest BCUT2D eigenvalue weighted by Gasteiger charge is 2.16. The van der Waals surface area contributed by atoms with Gasteiger partial charge in [-0.3, -0.25) is 9.88 Å². The van der Waals surface area contributed by atoms with Crippen LogP contribution in [0.25, 0.3) is 10.9 Å². The van der Waals surface area contributed by atoms with Crippen LogP contribution in [-0.2, 0) is 6.54 Å². The van der Waals surface area contributed by atoms with E-state index in [0.717, 1.165) is 43.7 Å². The molecule has 0 aliphatic carbocycles. The lowest BCUT2D eigenvalue weighted by molar-refractivity contribution is 0.204. The number of rotatable bonds is 2. The van der Waals surface area contributed by atoms with Crippen molar-refractivity contribution in [1.29, 1.82) is 0 Å². The molecule has 2 heterocycles. The Labute approximate surface area is 132 Å². The molecule has 1 saturated heterocycles. The molecule has 1 aliphatic rings. The highest BCUT2D eigenvalue weighted by Crippen LogP contribution is 2.15. The van der Waals surface area contributed by atoms with E-state index in [1.165, 1.54) is 5.39 Å². The van der Waals surface area contributed by atoms with Crippen LogP contribution in [0.15, 0.2) is 36.4 Å². The summed E-state index contributed by atoms with van der Waals surface area (Å²) in [7, 11) is 0. The SMILES string of the molecule is Cl.Cl.NC1CCN(Cc2ccc3ccccc3n2)CC1. The Bertz CT molecular complexity index is 539. The van der Waals surface area contributed by atoms with Gasteiger partial charge in [-0.25, -0.2) is 0 Å². The topological polar surface area (TPSA) is 42.1 Å². The third kappa shape index (κ3) is 4.06. The molecule has 0 spiro atoms. The van der Waals surface area contributed by atoms with Crippen LogP contribution in [0.4, 0.5) is 0 Å². The Hall–Kier alpha value is -0.870. The fourth-order valence-corrected chi connectivity index (χ4v) is 2.54. The normalized spacial score (nSPS) is 16.4. The van der Waals surface area contributed by atoms with E-state index in [-0.39, 0.29) is 24.8 Å². The molecule has 3 nitrogen and oxygen atoms in total. The molecule has 0 unspecified atom stereocenters. The van der Waals surface area contributed by atoms with Crippen molar-refractivity contribution < 1.29 is 0 Å². The maximum atomic E-state index is 5.92. The summed E-state index contributed by atoms with van der Waals surface area (Å²) in [5.74, 6) is 0. The van der Waals surface area contributed by atoms with Gasteiger partial charge in [0, 0.05) is 31.1 Å². The van der Waals surface area contributed by atoms with Crippen molar-refractivity contribution in [3.63, 3.8) is 0 Å². The Morgan fingerprint density at radius 1 is 1.05 bits per heavy atom. The number of piperidine rings is 1. The fraction of sp³-hybridized carbons (Fsp3) is 0.400. The van der Waals surface area contributed by atoms with Crippen molar-refractivity contribution in [1.82, 2.24) is 9.88 Å². The monoisotopic (exact) mass is 313 g/mol. The number of likely N-dealkylation sites (tertiary alicyclic amines) is 1. The molecular weight excluding hydrogens is 293 g/mol. The molecule has 0 atom stereocenters. The molecule has 1 aromatic carbocycles. The van der Waals surface area contributed by atoms with E-state index < -0.39 is 0 Å². The van der Waals surface area contributed by atoms with Gasteiger partial charge in [-0.2, -0.15) is 0 Å². The Balaban J connectivity index is 0.000001000. The molecule has 1 aliphatic heterocycles. The zero-order valence-electron chi connectivity index (χ0n) is 11.4. The first kappa shape index (κ1) is 17.2. The van der Waals surface area contributed by atoms with E-state index in [4.69, 9.17) is 10.7 Å². The average molecular weight is 314 g/mol. The standard InChI is InChI=1S/C15H19N3.2ClH/c16-13-7-9-18(10-8-13)11-14-6-5-12-3-1-2-4-15(12)17-14;;/h1-6,13H,7-11,16H2;2*1H. The van der Waals surface area contributed by atoms with Crippen molar-refractivity contribution in [2.24, 2.45) is 5.73 Å². The van der Waals surface area contributed by atoms with Gasteiger partial charge < -0.3 is 5.73 Å². The summed E-state index contributed by atoms with van der Waals surface area (Å²) < 4.78 is 0. The Morgan fingerprint density at radius 2 is 1.75 bits per heavy atom. The van der Waals surface area contributed by atoms with Crippen LogP contribution in [0.5, 0.6) is 0 Å². The number of hydrogen-bond donors (Lipinski definition) is 1. The minimum Gasteiger partial charge on any atom is -0.328 e. The van der Waals surface area contributed by atoms with Crippen LogP contribution in [0.3, 0.4) is 0 Å². The van der Waals surface area contributed by atoms with Crippen LogP contribution in [-0.4, -0.2) is 29.0 Å². The van der Waals surface area contributed by atoms with Gasteiger partial charge in [0.2, 0.25) is 0 Å². The molecule has 5 heteroatoms. The lowest BCUT2D eigenvalue weighted by Crippen LogP contribution is -2.39. The van der Waals surface area contributed by atoms with Gasteiger partial charge in [0.25, 0.3) is 0 Å². The number of para-hydroxylation sites is 1. The summed E-state index contributed by atoms with van der Waals surface area (Å²) in [6.07, 6.45) is 2.21. The predicted molar refractivity (Wildman–Crippen MR) is 88.7 cm³/mol. The first-order chi connectivity index (χ1) is 8.81. The quantitative estimate of drug-likeness (QED) is 0.926. The molecular formula is C15H21Cl2N3. The van der Waals surface area contributed by atoms with Crippen molar-refractivity contribution in [3.8, 4) is 0 Å². The average Bonchev–Trinajstić information content (AvgIpc) is 2.41. The Morgan fingerprint density at radius 3 is 2.50 bits per heavy atom. The van der Waals surface area contributed by atoms with Crippen LogP contribution in [0.1, 0.15) is 18.5 Å². The zero-order valence-corrected chi connectivity index (χ0v) is 13.0. The van der Waals surface area contributed by atoms with Gasteiger partial charge >= 0.3 is 0 Å². The van der Waals surface area contributed by atoms with E-state index in [9.17, 15) is 0 Å². The van der Waals surface area contributed by atoms with Crippen LogP contribution in [0, 0.1) is 0 Å². The molecule has 20 heavy (non-hydrogen) atoms. The van der Waals surface area contributed by atoms with Crippen molar-refractivity contribution in [2.75, 3.05) is 13.1 Å². The molecule has 2 aromatic rings. The van der Waals surface area contributed by atoms with Gasteiger partial charge in [0.15, 0.2) is 0 Å². The van der Waals surface area contributed by atoms with Crippen molar-refractivity contribution >= 4 is 35.7 Å². The maximum absolute atomic E-state index is 5.92. The molecule has 0 radical (unpaired) electrons. The summed E-state index contributed by atoms with van der Waals surface area (Å²) in [4.78, 5) is 7.16. The van der Waals surface area contributed by atoms with Crippen LogP contribution >= 0.6 is 24.8 Å². The smallest absolute Gasteiger partial charge is 0.0705 e. The molecule has 2 N–H and O–H groups in total. The van der Waals surface area contributed by atoms with Gasteiger partial charge in [0.05, 0.1) is 11.2 Å². The lowest BCUT2D eigenvalue weighted by Gasteiger charge is -2.29. The lowest BCUT2D eigenvalue weighted by atomic mass is 10.1. The predicted octanol–water partition coefficient (Wildman–Crippen LogP) is 3.00. The summed E-state index contributed by atoms with van der Waals surface area (Å²) in [5.41, 5.74) is 8.17. The number of pyridine rings is 1. The fourth-order valence-electron chi connectivity index (χ4n) is 2.54. The van der Waals surface area contributed by atoms with E-state index in [1.54, 1.807) is 0 Å². The molecule has 110 valence electrons. The summed E-state index contributed by atoms with van der Waals surface area (Å²) in [6, 6.07) is 13.0. The Kier molecular flexibility index (Phi) is 6.69. The summed E-state index contributed by atoms with van der Waals surface area (Å²) in [6.45, 7) is 3.13. The van der Waals surface area contributed by atoms with Crippen LogP contribution in [0.2, 0.25) is 0 Å². The number of halogens is 2. The first-order valence-corrected chi connectivity index (χ1v) is 6.64. The van der Waals surface area contributed by atoms with E-state index in [1.807, 2.05) is 6.07 Å². The number of nitrogens with zero attached hydrogens (tertiary/aromatic N) is 2. The van der Waals surface area contributed by atoms with Crippen molar-refractivity contribution in [3.05, 3.63) is 42.1 Å². The third-order valence-corrected chi connectivity index (χ3v) is 3.67. The summed E-state index contributed by atoms with van der Waals surface area (Å²) in [5, 5.41) is 1.21. The molecule has 1 aromatic heterocycles. The molecule has 0 amide bonds. The molecule has 3 rings (SSSR count). The number of nitrogens with two attached hydrogens (primary N) is 1. The van der Waals surface area contributed by atoms with Gasteiger partial charge in [-0.1, -0.05) is 24.3 Å². The number of aromatic nitrogens is 1. The molecule has 1 fully saturated rings. The largest absolute Gasteiger partial charge is 0.328 e.